The predicted octanol–water partition coefficient (Wildman–Crippen LogP) is 4.63. The predicted molar refractivity (Wildman–Crippen MR) is 83.0 cm³/mol. The summed E-state index contributed by atoms with van der Waals surface area (Å²) in [6.45, 7) is 14.0. The van der Waals surface area contributed by atoms with E-state index in [1.165, 1.54) is 0 Å². The number of pyridine rings is 1. The lowest BCUT2D eigenvalue weighted by molar-refractivity contribution is 0.108. The third-order valence-electron chi connectivity index (χ3n) is 2.93. The lowest BCUT2D eigenvalue weighted by atomic mass is 9.96. The van der Waals surface area contributed by atoms with E-state index >= 15 is 0 Å². The van der Waals surface area contributed by atoms with Gasteiger partial charge in [-0.3, -0.25) is 9.78 Å². The van der Waals surface area contributed by atoms with Crippen molar-refractivity contribution in [1.29, 1.82) is 0 Å². The zero-order valence-corrected chi connectivity index (χ0v) is 12.5. The van der Waals surface area contributed by atoms with Crippen LogP contribution in [0.5, 0.6) is 0 Å². The third-order valence-corrected chi connectivity index (χ3v) is 3.73. The molecule has 0 aliphatic carbocycles. The second-order valence-electron chi connectivity index (χ2n) is 4.55. The highest BCUT2D eigenvalue weighted by atomic mass is 32.2. The number of hydrogen-bond acceptors (Lipinski definition) is 3. The van der Waals surface area contributed by atoms with Gasteiger partial charge in [-0.2, -0.15) is 0 Å². The maximum Gasteiger partial charge on any atom is 0.225 e. The molecule has 1 unspecified atom stereocenters. The molecule has 0 aliphatic rings. The van der Waals surface area contributed by atoms with Crippen molar-refractivity contribution in [2.24, 2.45) is 5.92 Å². The number of rotatable bonds is 5. The zero-order chi connectivity index (χ0) is 14.4. The first-order valence-corrected chi connectivity index (χ1v) is 6.88. The van der Waals surface area contributed by atoms with Crippen LogP contribution in [0, 0.1) is 5.92 Å². The van der Waals surface area contributed by atoms with Crippen LogP contribution in [0.25, 0.3) is 0 Å². The van der Waals surface area contributed by atoms with Crippen LogP contribution in [0.3, 0.4) is 0 Å². The summed E-state index contributed by atoms with van der Waals surface area (Å²) >= 11 is 1.13. The molecule has 3 heteroatoms. The molecule has 0 aliphatic heterocycles. The van der Waals surface area contributed by atoms with Crippen LogP contribution in [0.2, 0.25) is 0 Å². The number of aromatic nitrogens is 1. The van der Waals surface area contributed by atoms with Crippen LogP contribution in [-0.2, 0) is 0 Å². The summed E-state index contributed by atoms with van der Waals surface area (Å²) < 4.78 is 0. The number of carbonyl (C=O) groups is 1. The Kier molecular flexibility index (Phi) is 5.77. The number of thioether (sulfide) groups is 1. The van der Waals surface area contributed by atoms with Gasteiger partial charge in [0, 0.05) is 22.9 Å². The van der Waals surface area contributed by atoms with Crippen LogP contribution in [-0.4, -0.2) is 10.1 Å². The molecule has 1 rings (SSSR count). The molecule has 19 heavy (non-hydrogen) atoms. The maximum atomic E-state index is 12.0. The fraction of sp³-hybridized carbons (Fsp3) is 0.250. The molecular formula is C16H19NOS. The normalized spacial score (nSPS) is 12.9. The number of allylic oxidation sites excluding steroid dienone is 3. The summed E-state index contributed by atoms with van der Waals surface area (Å²) in [5.74, 6) is 0.297. The molecule has 100 valence electrons. The Morgan fingerprint density at radius 1 is 1.42 bits per heavy atom. The minimum atomic E-state index is -0.0369. The fourth-order valence-corrected chi connectivity index (χ4v) is 2.18. The molecule has 0 bridgehead atoms. The molecular weight excluding hydrogens is 254 g/mol. The van der Waals surface area contributed by atoms with E-state index in [4.69, 9.17) is 0 Å². The van der Waals surface area contributed by atoms with E-state index in [9.17, 15) is 4.79 Å². The highest BCUT2D eigenvalue weighted by molar-refractivity contribution is 8.17. The van der Waals surface area contributed by atoms with Crippen molar-refractivity contribution in [1.82, 2.24) is 4.98 Å². The van der Waals surface area contributed by atoms with Gasteiger partial charge in [0.25, 0.3) is 0 Å². The van der Waals surface area contributed by atoms with E-state index in [0.717, 1.165) is 27.8 Å². The van der Waals surface area contributed by atoms with Gasteiger partial charge in [-0.15, -0.1) is 0 Å². The summed E-state index contributed by atoms with van der Waals surface area (Å²) in [7, 11) is 0. The second kappa shape index (κ2) is 7.10. The summed E-state index contributed by atoms with van der Waals surface area (Å²) in [4.78, 5) is 16.6. The van der Waals surface area contributed by atoms with E-state index in [1.54, 1.807) is 24.5 Å². The van der Waals surface area contributed by atoms with E-state index < -0.39 is 0 Å². The van der Waals surface area contributed by atoms with Crippen molar-refractivity contribution < 1.29 is 4.79 Å². The van der Waals surface area contributed by atoms with Gasteiger partial charge in [0.1, 0.15) is 0 Å². The first kappa shape index (κ1) is 15.4. The topological polar surface area (TPSA) is 30.0 Å². The standard InChI is InChI=1S/C16H19NOS/c1-11(2)14(5)12(3)9-13(4)19-16(18)15-7-6-8-17-10-15/h6-10,14H,1,4H2,2-3,5H3/b12-9+. The van der Waals surface area contributed by atoms with E-state index in [1.807, 2.05) is 19.9 Å². The Morgan fingerprint density at radius 3 is 2.63 bits per heavy atom. The Balaban J connectivity index is 2.68. The molecule has 0 aromatic carbocycles. The SMILES string of the molecule is C=C(/C=C(\C)C(C)C(=C)C)SC(=O)c1cccnc1. The quantitative estimate of drug-likeness (QED) is 0.579. The van der Waals surface area contributed by atoms with Crippen LogP contribution in [0.4, 0.5) is 0 Å². The van der Waals surface area contributed by atoms with E-state index in [0.29, 0.717) is 11.5 Å². The molecule has 0 radical (unpaired) electrons. The Hall–Kier alpha value is -1.61. The van der Waals surface area contributed by atoms with E-state index in [2.05, 4.69) is 25.1 Å². The van der Waals surface area contributed by atoms with Gasteiger partial charge in [-0.05, 0) is 49.7 Å². The van der Waals surface area contributed by atoms with Crippen LogP contribution in [0.15, 0.2) is 59.8 Å². The molecule has 1 heterocycles. The van der Waals surface area contributed by atoms with Gasteiger partial charge in [0.15, 0.2) is 0 Å². The third kappa shape index (κ3) is 4.87. The van der Waals surface area contributed by atoms with Gasteiger partial charge in [0.2, 0.25) is 5.12 Å². The summed E-state index contributed by atoms with van der Waals surface area (Å²) in [6, 6.07) is 3.50. The fourth-order valence-electron chi connectivity index (χ4n) is 1.46. The van der Waals surface area contributed by atoms with E-state index in [-0.39, 0.29) is 5.12 Å². The highest BCUT2D eigenvalue weighted by Gasteiger charge is 2.09. The number of hydrogen-bond donors (Lipinski definition) is 0. The summed E-state index contributed by atoms with van der Waals surface area (Å²) in [5.41, 5.74) is 2.85. The largest absolute Gasteiger partial charge is 0.281 e. The van der Waals surface area contributed by atoms with Crippen molar-refractivity contribution in [3.63, 3.8) is 0 Å². The monoisotopic (exact) mass is 273 g/mol. The van der Waals surface area contributed by atoms with Crippen LogP contribution < -0.4 is 0 Å². The van der Waals surface area contributed by atoms with Crippen molar-refractivity contribution in [2.45, 2.75) is 20.8 Å². The first-order valence-electron chi connectivity index (χ1n) is 6.06. The molecule has 0 spiro atoms. The van der Waals surface area contributed by atoms with Crippen LogP contribution in [0.1, 0.15) is 31.1 Å². The van der Waals surface area contributed by atoms with Gasteiger partial charge in [-0.1, -0.05) is 31.2 Å². The average molecular weight is 273 g/mol. The molecule has 0 fully saturated rings. The van der Waals surface area contributed by atoms with Gasteiger partial charge in [-0.25, -0.2) is 0 Å². The van der Waals surface area contributed by atoms with Crippen molar-refractivity contribution in [3.8, 4) is 0 Å². The van der Waals surface area contributed by atoms with Gasteiger partial charge in [0.05, 0.1) is 0 Å². The Morgan fingerprint density at radius 2 is 2.11 bits per heavy atom. The molecule has 2 nitrogen and oxygen atoms in total. The Labute approximate surface area is 119 Å². The smallest absolute Gasteiger partial charge is 0.225 e. The summed E-state index contributed by atoms with van der Waals surface area (Å²) in [5, 5.41) is -0.0369. The minimum Gasteiger partial charge on any atom is -0.281 e. The molecule has 0 saturated carbocycles. The maximum absolute atomic E-state index is 12.0. The average Bonchev–Trinajstić information content (AvgIpc) is 2.38. The molecule has 1 atom stereocenters. The number of carbonyl (C=O) groups excluding carboxylic acids is 1. The lowest BCUT2D eigenvalue weighted by Gasteiger charge is -2.12. The van der Waals surface area contributed by atoms with Gasteiger partial charge >= 0.3 is 0 Å². The van der Waals surface area contributed by atoms with Crippen LogP contribution >= 0.6 is 11.8 Å². The lowest BCUT2D eigenvalue weighted by Crippen LogP contribution is -1.98. The first-order chi connectivity index (χ1) is 8.91. The zero-order valence-electron chi connectivity index (χ0n) is 11.6. The van der Waals surface area contributed by atoms with Crippen molar-refractivity contribution in [2.75, 3.05) is 0 Å². The van der Waals surface area contributed by atoms with Crippen molar-refractivity contribution in [3.05, 3.63) is 65.4 Å². The molecule has 0 N–H and O–H groups in total. The molecule has 1 aromatic heterocycles. The highest BCUT2D eigenvalue weighted by Crippen LogP contribution is 2.25. The minimum absolute atomic E-state index is 0.0369. The van der Waals surface area contributed by atoms with Gasteiger partial charge < -0.3 is 0 Å². The summed E-state index contributed by atoms with van der Waals surface area (Å²) in [6.07, 6.45) is 5.16. The molecule has 1 aromatic rings. The number of nitrogens with zero attached hydrogens (tertiary/aromatic N) is 1. The van der Waals surface area contributed by atoms with Crippen molar-refractivity contribution >= 4 is 16.9 Å². The Bertz CT molecular complexity index is 517. The molecule has 0 amide bonds. The second-order valence-corrected chi connectivity index (χ2v) is 5.65. The molecule has 0 saturated heterocycles.